The van der Waals surface area contributed by atoms with Crippen LogP contribution in [-0.4, -0.2) is 8.42 Å². The Morgan fingerprint density at radius 1 is 1.05 bits per heavy atom. The number of aryl methyl sites for hydroxylation is 1. The smallest absolute Gasteiger partial charge is 0.261 e. The summed E-state index contributed by atoms with van der Waals surface area (Å²) in [7, 11) is 1.56. The number of benzene rings is 2. The summed E-state index contributed by atoms with van der Waals surface area (Å²) in [5.74, 6) is 0.574. The Bertz CT molecular complexity index is 773. The molecule has 0 N–H and O–H groups in total. The number of halogens is 3. The van der Waals surface area contributed by atoms with E-state index in [1.165, 1.54) is 12.1 Å². The summed E-state index contributed by atoms with van der Waals surface area (Å²) >= 11 is 11.8. The van der Waals surface area contributed by atoms with E-state index in [9.17, 15) is 8.42 Å². The molecule has 2 rings (SSSR count). The molecule has 21 heavy (non-hydrogen) atoms. The van der Waals surface area contributed by atoms with E-state index in [-0.39, 0.29) is 4.90 Å². The second-order valence-corrected chi connectivity index (χ2v) is 7.78. The van der Waals surface area contributed by atoms with Crippen LogP contribution in [0.5, 0.6) is 5.75 Å². The Morgan fingerprint density at radius 2 is 1.76 bits per heavy atom. The molecule has 0 spiro atoms. The Kier molecular flexibility index (Phi) is 5.04. The van der Waals surface area contributed by atoms with Gasteiger partial charge in [0.15, 0.2) is 0 Å². The summed E-state index contributed by atoms with van der Waals surface area (Å²) < 4.78 is 28.1. The fourth-order valence-corrected chi connectivity index (χ4v) is 2.88. The van der Waals surface area contributed by atoms with Crippen LogP contribution in [0.4, 0.5) is 0 Å². The standard InChI is InChI=1S/C14H11Cl3O3S/c1-9-6-11(21(17,18)19)3-5-14(9)20-8-10-2-4-12(15)13(16)7-10/h2-7H,8H2,1H3. The topological polar surface area (TPSA) is 43.4 Å². The zero-order valence-electron chi connectivity index (χ0n) is 10.9. The van der Waals surface area contributed by atoms with E-state index < -0.39 is 9.05 Å². The molecule has 0 bridgehead atoms. The van der Waals surface area contributed by atoms with Gasteiger partial charge in [0.25, 0.3) is 9.05 Å². The van der Waals surface area contributed by atoms with Crippen LogP contribution < -0.4 is 4.74 Å². The average Bonchev–Trinajstić information content (AvgIpc) is 2.40. The van der Waals surface area contributed by atoms with Crippen molar-refractivity contribution in [3.63, 3.8) is 0 Å². The number of hydrogen-bond acceptors (Lipinski definition) is 3. The van der Waals surface area contributed by atoms with Crippen LogP contribution >= 0.6 is 33.9 Å². The van der Waals surface area contributed by atoms with E-state index in [0.29, 0.717) is 28.0 Å². The molecule has 0 aliphatic rings. The van der Waals surface area contributed by atoms with Gasteiger partial charge in [-0.3, -0.25) is 0 Å². The first kappa shape index (κ1) is 16.4. The Labute approximate surface area is 137 Å². The molecule has 112 valence electrons. The van der Waals surface area contributed by atoms with Gasteiger partial charge in [0, 0.05) is 10.7 Å². The first-order valence-electron chi connectivity index (χ1n) is 5.89. The van der Waals surface area contributed by atoms with Crippen LogP contribution in [0.1, 0.15) is 11.1 Å². The van der Waals surface area contributed by atoms with Gasteiger partial charge < -0.3 is 4.74 Å². The van der Waals surface area contributed by atoms with E-state index in [1.807, 2.05) is 0 Å². The van der Waals surface area contributed by atoms with Crippen molar-refractivity contribution in [1.29, 1.82) is 0 Å². The average molecular weight is 366 g/mol. The molecule has 0 unspecified atom stereocenters. The van der Waals surface area contributed by atoms with Gasteiger partial charge in [0.1, 0.15) is 12.4 Å². The zero-order valence-corrected chi connectivity index (χ0v) is 14.0. The van der Waals surface area contributed by atoms with E-state index in [0.717, 1.165) is 5.56 Å². The number of ether oxygens (including phenoxy) is 1. The third-order valence-corrected chi connectivity index (χ3v) is 4.90. The molecule has 0 aromatic heterocycles. The summed E-state index contributed by atoms with van der Waals surface area (Å²) in [6.07, 6.45) is 0. The fourth-order valence-electron chi connectivity index (χ4n) is 1.73. The lowest BCUT2D eigenvalue weighted by atomic mass is 10.2. The highest BCUT2D eigenvalue weighted by atomic mass is 35.7. The molecule has 2 aromatic rings. The molecule has 7 heteroatoms. The molecule has 0 radical (unpaired) electrons. The number of hydrogen-bond donors (Lipinski definition) is 0. The van der Waals surface area contributed by atoms with Crippen molar-refractivity contribution >= 4 is 42.9 Å². The van der Waals surface area contributed by atoms with Crippen molar-refractivity contribution in [2.75, 3.05) is 0 Å². The van der Waals surface area contributed by atoms with Crippen molar-refractivity contribution in [3.05, 3.63) is 57.6 Å². The molecule has 3 nitrogen and oxygen atoms in total. The van der Waals surface area contributed by atoms with E-state index in [2.05, 4.69) is 0 Å². The summed E-state index contributed by atoms with van der Waals surface area (Å²) in [5.41, 5.74) is 1.54. The zero-order chi connectivity index (χ0) is 15.6. The fraction of sp³-hybridized carbons (Fsp3) is 0.143. The predicted octanol–water partition coefficient (Wildman–Crippen LogP) is 4.81. The summed E-state index contributed by atoms with van der Waals surface area (Å²) in [5, 5.41) is 0.936. The van der Waals surface area contributed by atoms with Gasteiger partial charge in [-0.1, -0.05) is 29.3 Å². The van der Waals surface area contributed by atoms with Crippen LogP contribution in [0.3, 0.4) is 0 Å². The van der Waals surface area contributed by atoms with Crippen LogP contribution in [0.15, 0.2) is 41.3 Å². The highest BCUT2D eigenvalue weighted by Gasteiger charge is 2.12. The van der Waals surface area contributed by atoms with Crippen molar-refractivity contribution in [2.45, 2.75) is 18.4 Å². The molecule has 0 aliphatic carbocycles. The van der Waals surface area contributed by atoms with Crippen molar-refractivity contribution < 1.29 is 13.2 Å². The predicted molar refractivity (Wildman–Crippen MR) is 85.0 cm³/mol. The molecule has 0 atom stereocenters. The lowest BCUT2D eigenvalue weighted by Gasteiger charge is -2.10. The van der Waals surface area contributed by atoms with Gasteiger partial charge in [-0.2, -0.15) is 0 Å². The van der Waals surface area contributed by atoms with E-state index in [4.69, 9.17) is 38.6 Å². The third-order valence-electron chi connectivity index (χ3n) is 2.81. The molecule has 0 fully saturated rings. The van der Waals surface area contributed by atoms with E-state index >= 15 is 0 Å². The summed E-state index contributed by atoms with van der Waals surface area (Å²) in [6.45, 7) is 2.04. The third kappa shape index (κ3) is 4.27. The van der Waals surface area contributed by atoms with Crippen LogP contribution in [0.2, 0.25) is 10.0 Å². The second-order valence-electron chi connectivity index (χ2n) is 4.40. The first-order valence-corrected chi connectivity index (χ1v) is 8.96. The van der Waals surface area contributed by atoms with Gasteiger partial charge in [-0.05, 0) is 48.4 Å². The maximum atomic E-state index is 11.2. The quantitative estimate of drug-likeness (QED) is 0.730. The molecule has 0 saturated heterocycles. The summed E-state index contributed by atoms with van der Waals surface area (Å²) in [6, 6.07) is 9.66. The highest BCUT2D eigenvalue weighted by Crippen LogP contribution is 2.26. The van der Waals surface area contributed by atoms with Crippen LogP contribution in [0.25, 0.3) is 0 Å². The van der Waals surface area contributed by atoms with E-state index in [1.54, 1.807) is 31.2 Å². The van der Waals surface area contributed by atoms with Gasteiger partial charge in [0.05, 0.1) is 14.9 Å². The second kappa shape index (κ2) is 6.44. The molecule has 0 aliphatic heterocycles. The van der Waals surface area contributed by atoms with Crippen LogP contribution in [-0.2, 0) is 15.7 Å². The molecule has 0 saturated carbocycles. The first-order chi connectivity index (χ1) is 9.77. The maximum Gasteiger partial charge on any atom is 0.261 e. The SMILES string of the molecule is Cc1cc(S(=O)(=O)Cl)ccc1OCc1ccc(Cl)c(Cl)c1. The summed E-state index contributed by atoms with van der Waals surface area (Å²) in [4.78, 5) is 0.0450. The molecular weight excluding hydrogens is 355 g/mol. The van der Waals surface area contributed by atoms with Crippen molar-refractivity contribution in [1.82, 2.24) is 0 Å². The Hall–Kier alpha value is -0.940. The van der Waals surface area contributed by atoms with Gasteiger partial charge in [-0.15, -0.1) is 0 Å². The Morgan fingerprint density at radius 3 is 2.33 bits per heavy atom. The molecule has 2 aromatic carbocycles. The van der Waals surface area contributed by atoms with Gasteiger partial charge in [-0.25, -0.2) is 8.42 Å². The largest absolute Gasteiger partial charge is 0.489 e. The molecule has 0 heterocycles. The lowest BCUT2D eigenvalue weighted by molar-refractivity contribution is 0.304. The Balaban J connectivity index is 2.15. The molecule has 0 amide bonds. The monoisotopic (exact) mass is 364 g/mol. The normalized spacial score (nSPS) is 11.4. The van der Waals surface area contributed by atoms with Crippen molar-refractivity contribution in [2.24, 2.45) is 0 Å². The van der Waals surface area contributed by atoms with Gasteiger partial charge in [0.2, 0.25) is 0 Å². The minimum Gasteiger partial charge on any atom is -0.489 e. The van der Waals surface area contributed by atoms with Crippen LogP contribution in [0, 0.1) is 6.92 Å². The minimum atomic E-state index is -3.74. The van der Waals surface area contributed by atoms with Gasteiger partial charge >= 0.3 is 0 Å². The minimum absolute atomic E-state index is 0.0450. The number of rotatable bonds is 4. The highest BCUT2D eigenvalue weighted by molar-refractivity contribution is 8.13. The lowest BCUT2D eigenvalue weighted by Crippen LogP contribution is -1.98. The van der Waals surface area contributed by atoms with Crippen molar-refractivity contribution in [3.8, 4) is 5.75 Å². The molecular formula is C14H11Cl3O3S. The maximum absolute atomic E-state index is 11.2.